The summed E-state index contributed by atoms with van der Waals surface area (Å²) in [5.41, 5.74) is 0.277. The summed E-state index contributed by atoms with van der Waals surface area (Å²) < 4.78 is 18.0. The average Bonchev–Trinajstić information content (AvgIpc) is 2.58. The summed E-state index contributed by atoms with van der Waals surface area (Å²) in [4.78, 5) is 27.8. The van der Waals surface area contributed by atoms with Gasteiger partial charge in [0, 0.05) is 39.8 Å². The quantitative estimate of drug-likeness (QED) is 0.742. The van der Waals surface area contributed by atoms with Crippen LogP contribution in [-0.4, -0.2) is 74.6 Å². The SMILES string of the molecule is COCCNCC(=O)N1CCN(C(=O)c2ccc(F)cc2Cl)CC1.Cl. The second-order valence-corrected chi connectivity index (χ2v) is 5.87. The van der Waals surface area contributed by atoms with Crippen molar-refractivity contribution in [3.05, 3.63) is 34.6 Å². The van der Waals surface area contributed by atoms with Crippen LogP contribution >= 0.6 is 24.0 Å². The topological polar surface area (TPSA) is 61.9 Å². The Morgan fingerprint density at radius 3 is 2.48 bits per heavy atom. The maximum Gasteiger partial charge on any atom is 0.255 e. The first-order valence-corrected chi connectivity index (χ1v) is 8.12. The Labute approximate surface area is 157 Å². The lowest BCUT2D eigenvalue weighted by Crippen LogP contribution is -2.52. The summed E-state index contributed by atoms with van der Waals surface area (Å²) in [5.74, 6) is -0.726. The van der Waals surface area contributed by atoms with Crippen LogP contribution in [0.1, 0.15) is 10.4 Å². The number of carbonyl (C=O) groups excluding carboxylic acids is 2. The normalized spacial score (nSPS) is 14.2. The van der Waals surface area contributed by atoms with Gasteiger partial charge in [-0.3, -0.25) is 9.59 Å². The minimum absolute atomic E-state index is 0. The van der Waals surface area contributed by atoms with Crippen molar-refractivity contribution >= 4 is 35.8 Å². The lowest BCUT2D eigenvalue weighted by Gasteiger charge is -2.35. The highest BCUT2D eigenvalue weighted by atomic mass is 35.5. The molecule has 0 atom stereocenters. The van der Waals surface area contributed by atoms with Gasteiger partial charge in [0.1, 0.15) is 5.82 Å². The molecule has 1 aliphatic heterocycles. The van der Waals surface area contributed by atoms with Gasteiger partial charge < -0.3 is 19.9 Å². The molecule has 0 aliphatic carbocycles. The number of rotatable bonds is 6. The van der Waals surface area contributed by atoms with Gasteiger partial charge in [-0.1, -0.05) is 11.6 Å². The number of methoxy groups -OCH3 is 1. The van der Waals surface area contributed by atoms with Gasteiger partial charge in [-0.2, -0.15) is 0 Å². The van der Waals surface area contributed by atoms with E-state index in [9.17, 15) is 14.0 Å². The molecule has 25 heavy (non-hydrogen) atoms. The Kier molecular flexibility index (Phi) is 9.13. The van der Waals surface area contributed by atoms with E-state index in [4.69, 9.17) is 16.3 Å². The molecule has 0 saturated carbocycles. The van der Waals surface area contributed by atoms with Crippen LogP contribution in [0.4, 0.5) is 4.39 Å². The third kappa shape index (κ3) is 6.11. The Morgan fingerprint density at radius 1 is 1.24 bits per heavy atom. The molecule has 1 aliphatic rings. The number of piperazine rings is 1. The second-order valence-electron chi connectivity index (χ2n) is 5.47. The maximum atomic E-state index is 13.1. The fraction of sp³-hybridized carbons (Fsp3) is 0.500. The van der Waals surface area contributed by atoms with Crippen molar-refractivity contribution < 1.29 is 18.7 Å². The number of amides is 2. The van der Waals surface area contributed by atoms with Crippen LogP contribution in [0.15, 0.2) is 18.2 Å². The zero-order valence-electron chi connectivity index (χ0n) is 14.0. The van der Waals surface area contributed by atoms with Crippen LogP contribution in [0.2, 0.25) is 5.02 Å². The van der Waals surface area contributed by atoms with Crippen molar-refractivity contribution in [3.63, 3.8) is 0 Å². The van der Waals surface area contributed by atoms with E-state index in [0.717, 1.165) is 6.07 Å². The van der Waals surface area contributed by atoms with Gasteiger partial charge in [-0.25, -0.2) is 4.39 Å². The van der Waals surface area contributed by atoms with Gasteiger partial charge >= 0.3 is 0 Å². The Morgan fingerprint density at radius 2 is 1.88 bits per heavy atom. The molecule has 140 valence electrons. The van der Waals surface area contributed by atoms with Crippen molar-refractivity contribution in [1.82, 2.24) is 15.1 Å². The predicted octanol–water partition coefficient (Wildman–Crippen LogP) is 1.42. The molecule has 1 aromatic carbocycles. The first kappa shape index (κ1) is 21.6. The van der Waals surface area contributed by atoms with Gasteiger partial charge in [-0.05, 0) is 18.2 Å². The van der Waals surface area contributed by atoms with E-state index in [1.165, 1.54) is 12.1 Å². The van der Waals surface area contributed by atoms with Gasteiger partial charge in [0.05, 0.1) is 23.7 Å². The van der Waals surface area contributed by atoms with E-state index in [2.05, 4.69) is 5.32 Å². The van der Waals surface area contributed by atoms with Gasteiger partial charge in [0.2, 0.25) is 5.91 Å². The summed E-state index contributed by atoms with van der Waals surface area (Å²) in [7, 11) is 1.60. The lowest BCUT2D eigenvalue weighted by atomic mass is 10.1. The number of ether oxygens (including phenoxy) is 1. The van der Waals surface area contributed by atoms with Crippen LogP contribution in [0, 0.1) is 5.82 Å². The van der Waals surface area contributed by atoms with E-state index in [1.807, 2.05) is 0 Å². The highest BCUT2D eigenvalue weighted by Gasteiger charge is 2.25. The molecular formula is C16H22Cl2FN3O3. The molecule has 0 unspecified atom stereocenters. The number of hydrogen-bond acceptors (Lipinski definition) is 4. The van der Waals surface area contributed by atoms with E-state index in [0.29, 0.717) is 39.3 Å². The highest BCUT2D eigenvalue weighted by Crippen LogP contribution is 2.19. The molecule has 1 fully saturated rings. The average molecular weight is 394 g/mol. The number of benzene rings is 1. The van der Waals surface area contributed by atoms with Gasteiger partial charge in [0.15, 0.2) is 0 Å². The smallest absolute Gasteiger partial charge is 0.255 e. The molecule has 9 heteroatoms. The van der Waals surface area contributed by atoms with E-state index < -0.39 is 5.82 Å². The zero-order chi connectivity index (χ0) is 17.5. The molecule has 1 heterocycles. The second kappa shape index (κ2) is 10.6. The summed E-state index contributed by atoms with van der Waals surface area (Å²) in [6, 6.07) is 3.72. The Hall–Kier alpha value is -1.41. The minimum atomic E-state index is -0.479. The highest BCUT2D eigenvalue weighted by molar-refractivity contribution is 6.33. The van der Waals surface area contributed by atoms with Gasteiger partial charge in [-0.15, -0.1) is 12.4 Å². The van der Waals surface area contributed by atoms with Crippen molar-refractivity contribution in [2.45, 2.75) is 0 Å². The zero-order valence-corrected chi connectivity index (χ0v) is 15.5. The van der Waals surface area contributed by atoms with E-state index in [1.54, 1.807) is 16.9 Å². The van der Waals surface area contributed by atoms with Crippen LogP contribution in [0.25, 0.3) is 0 Å². The van der Waals surface area contributed by atoms with Crippen molar-refractivity contribution in [1.29, 1.82) is 0 Å². The molecule has 2 rings (SSSR count). The van der Waals surface area contributed by atoms with Crippen molar-refractivity contribution in [2.75, 3.05) is 53.0 Å². The summed E-state index contributed by atoms with van der Waals surface area (Å²) in [6.07, 6.45) is 0. The molecule has 1 N–H and O–H groups in total. The largest absolute Gasteiger partial charge is 0.383 e. The number of carbonyl (C=O) groups is 2. The number of nitrogens with zero attached hydrogens (tertiary/aromatic N) is 2. The Bertz CT molecular complexity index is 596. The predicted molar refractivity (Wildman–Crippen MR) is 95.9 cm³/mol. The summed E-state index contributed by atoms with van der Waals surface area (Å²) in [5, 5.41) is 3.10. The fourth-order valence-electron chi connectivity index (χ4n) is 2.47. The van der Waals surface area contributed by atoms with Crippen LogP contribution < -0.4 is 5.32 Å². The van der Waals surface area contributed by atoms with Crippen LogP contribution in [0.5, 0.6) is 0 Å². The molecule has 0 bridgehead atoms. The monoisotopic (exact) mass is 393 g/mol. The summed E-state index contributed by atoms with van der Waals surface area (Å²) in [6.45, 7) is 3.20. The number of nitrogens with one attached hydrogen (secondary N) is 1. The number of halogens is 3. The molecule has 0 radical (unpaired) electrons. The molecule has 1 aromatic rings. The van der Waals surface area contributed by atoms with E-state index in [-0.39, 0.29) is 41.4 Å². The molecule has 0 spiro atoms. The maximum absolute atomic E-state index is 13.1. The van der Waals surface area contributed by atoms with Crippen molar-refractivity contribution in [3.8, 4) is 0 Å². The van der Waals surface area contributed by atoms with Gasteiger partial charge in [0.25, 0.3) is 5.91 Å². The third-order valence-electron chi connectivity index (χ3n) is 3.84. The van der Waals surface area contributed by atoms with Crippen LogP contribution in [0.3, 0.4) is 0 Å². The standard InChI is InChI=1S/C16H21ClFN3O3.ClH/c1-24-9-4-19-11-15(22)20-5-7-21(8-6-20)16(23)13-3-2-12(18)10-14(13)17;/h2-3,10,19H,4-9,11H2,1H3;1H. The Balaban J connectivity index is 0.00000312. The summed E-state index contributed by atoms with van der Waals surface area (Å²) >= 11 is 5.94. The first-order chi connectivity index (χ1) is 11.5. The van der Waals surface area contributed by atoms with Crippen LogP contribution in [-0.2, 0) is 9.53 Å². The minimum Gasteiger partial charge on any atom is -0.383 e. The van der Waals surface area contributed by atoms with E-state index >= 15 is 0 Å². The first-order valence-electron chi connectivity index (χ1n) is 7.74. The molecule has 0 aromatic heterocycles. The molecule has 1 saturated heterocycles. The molecule has 6 nitrogen and oxygen atoms in total. The molecular weight excluding hydrogens is 372 g/mol. The van der Waals surface area contributed by atoms with Crippen molar-refractivity contribution in [2.24, 2.45) is 0 Å². The fourth-order valence-corrected chi connectivity index (χ4v) is 2.72. The molecule has 2 amide bonds. The number of hydrogen-bond donors (Lipinski definition) is 1. The lowest BCUT2D eigenvalue weighted by molar-refractivity contribution is -0.131. The third-order valence-corrected chi connectivity index (χ3v) is 4.15.